The van der Waals surface area contributed by atoms with E-state index in [4.69, 9.17) is 22.4 Å². The summed E-state index contributed by atoms with van der Waals surface area (Å²) in [7, 11) is 0. The Morgan fingerprint density at radius 1 is 1.36 bits per heavy atom. The number of nitrogens with zero attached hydrogens (tertiary/aromatic N) is 4. The maximum absolute atomic E-state index is 13.1. The Kier molecular flexibility index (Phi) is 4.28. The average Bonchev–Trinajstić information content (AvgIpc) is 3.22. The van der Waals surface area contributed by atoms with Crippen molar-refractivity contribution in [1.29, 1.82) is 0 Å². The molecule has 1 aliphatic heterocycles. The molecule has 0 radical (unpaired) electrons. The highest BCUT2D eigenvalue weighted by Gasteiger charge is 2.37. The Balaban J connectivity index is 1.81. The van der Waals surface area contributed by atoms with Gasteiger partial charge in [0.2, 0.25) is 5.95 Å². The first-order valence-electron chi connectivity index (χ1n) is 8.12. The van der Waals surface area contributed by atoms with Gasteiger partial charge in [-0.3, -0.25) is 14.7 Å². The lowest BCUT2D eigenvalue weighted by atomic mass is 10.1. The predicted molar refractivity (Wildman–Crippen MR) is 103 cm³/mol. The molecule has 9 nitrogen and oxygen atoms in total. The first kappa shape index (κ1) is 17.7. The number of nitrogens with two attached hydrogens (primary N) is 1. The number of hydrogen-bond acceptors (Lipinski definition) is 6. The highest BCUT2D eigenvalue weighted by Crippen LogP contribution is 2.41. The molecule has 3 aromatic rings. The number of anilines is 2. The molecule has 0 atom stereocenters. The number of pyridine rings is 1. The molecule has 4 heterocycles. The number of halogens is 1. The molecular weight excluding hydrogens is 384 g/mol. The van der Waals surface area contributed by atoms with Gasteiger partial charge < -0.3 is 15.8 Å². The maximum Gasteiger partial charge on any atom is 0.337 e. The molecule has 140 valence electrons. The summed E-state index contributed by atoms with van der Waals surface area (Å²) in [6.07, 6.45) is 4.47. The van der Waals surface area contributed by atoms with Crippen molar-refractivity contribution < 1.29 is 14.7 Å². The number of aromatic carboxylic acids is 1. The highest BCUT2D eigenvalue weighted by molar-refractivity contribution is 6.41. The number of aromatic nitrogens is 4. The topological polar surface area (TPSA) is 138 Å². The molecule has 3 aromatic heterocycles. The van der Waals surface area contributed by atoms with Gasteiger partial charge in [0.25, 0.3) is 5.91 Å². The fourth-order valence-corrected chi connectivity index (χ4v) is 3.19. The molecule has 4 N–H and O–H groups in total. The van der Waals surface area contributed by atoms with Crippen molar-refractivity contribution in [3.8, 4) is 0 Å². The van der Waals surface area contributed by atoms with Crippen LogP contribution in [0.15, 0.2) is 36.7 Å². The third-order valence-electron chi connectivity index (χ3n) is 4.16. The molecule has 4 rings (SSSR count). The first-order valence-corrected chi connectivity index (χ1v) is 8.50. The van der Waals surface area contributed by atoms with E-state index in [1.165, 1.54) is 23.2 Å². The van der Waals surface area contributed by atoms with Crippen molar-refractivity contribution in [2.75, 3.05) is 10.6 Å². The van der Waals surface area contributed by atoms with Gasteiger partial charge >= 0.3 is 5.97 Å². The van der Waals surface area contributed by atoms with E-state index in [1.54, 1.807) is 18.3 Å². The van der Waals surface area contributed by atoms with Crippen molar-refractivity contribution in [2.24, 2.45) is 0 Å². The van der Waals surface area contributed by atoms with Crippen molar-refractivity contribution in [3.05, 3.63) is 64.3 Å². The van der Waals surface area contributed by atoms with E-state index in [9.17, 15) is 9.59 Å². The summed E-state index contributed by atoms with van der Waals surface area (Å²) in [6.45, 7) is 0.169. The number of hydrogen-bond donors (Lipinski definition) is 3. The summed E-state index contributed by atoms with van der Waals surface area (Å²) in [6, 6.07) is 6.78. The van der Waals surface area contributed by atoms with Crippen LogP contribution in [0.1, 0.15) is 27.3 Å². The summed E-state index contributed by atoms with van der Waals surface area (Å²) in [4.78, 5) is 40.8. The van der Waals surface area contributed by atoms with Crippen LogP contribution in [0.2, 0.25) is 5.15 Å². The lowest BCUT2D eigenvalue weighted by Gasteiger charge is -2.15. The number of rotatable bonds is 4. The van der Waals surface area contributed by atoms with Crippen LogP contribution in [0.25, 0.3) is 11.6 Å². The van der Waals surface area contributed by atoms with E-state index in [0.717, 1.165) is 0 Å². The third kappa shape index (κ3) is 3.08. The fraction of sp³-hybridized carbons (Fsp3) is 0.0556. The SMILES string of the molecule is Nc1nc(Cl)c2c(n1)N(Cc1ccccn1)C(=O)/C2=C/c1cc(C(=O)O)c[nH]1. The van der Waals surface area contributed by atoms with E-state index < -0.39 is 5.97 Å². The summed E-state index contributed by atoms with van der Waals surface area (Å²) in [5.41, 5.74) is 7.44. The number of nitrogen functional groups attached to an aromatic ring is 1. The van der Waals surface area contributed by atoms with Gasteiger partial charge in [-0.1, -0.05) is 17.7 Å². The summed E-state index contributed by atoms with van der Waals surface area (Å²) >= 11 is 6.25. The van der Waals surface area contributed by atoms with Crippen LogP contribution in [-0.2, 0) is 11.3 Å². The second kappa shape index (κ2) is 6.78. The molecule has 0 aliphatic carbocycles. The van der Waals surface area contributed by atoms with Crippen molar-refractivity contribution in [1.82, 2.24) is 19.9 Å². The second-order valence-electron chi connectivity index (χ2n) is 5.99. The largest absolute Gasteiger partial charge is 0.478 e. The second-order valence-corrected chi connectivity index (χ2v) is 6.35. The molecule has 0 fully saturated rings. The third-order valence-corrected chi connectivity index (χ3v) is 4.44. The molecule has 0 spiro atoms. The number of aromatic amines is 1. The molecule has 1 aliphatic rings. The zero-order valence-electron chi connectivity index (χ0n) is 14.3. The molecule has 0 aromatic carbocycles. The van der Waals surface area contributed by atoms with Gasteiger partial charge in [-0.25, -0.2) is 9.78 Å². The Labute approximate surface area is 163 Å². The van der Waals surface area contributed by atoms with Gasteiger partial charge in [0, 0.05) is 18.1 Å². The normalized spacial score (nSPS) is 14.5. The van der Waals surface area contributed by atoms with E-state index in [2.05, 4.69) is 19.9 Å². The zero-order chi connectivity index (χ0) is 19.8. The lowest BCUT2D eigenvalue weighted by molar-refractivity contribution is -0.113. The number of carboxylic acid groups (broad SMARTS) is 1. The number of nitrogens with one attached hydrogen (secondary N) is 1. The van der Waals surface area contributed by atoms with Crippen molar-refractivity contribution in [2.45, 2.75) is 6.54 Å². The molecule has 10 heteroatoms. The number of H-pyrrole nitrogens is 1. The van der Waals surface area contributed by atoms with E-state index in [0.29, 0.717) is 17.0 Å². The predicted octanol–water partition coefficient (Wildman–Crippen LogP) is 2.22. The van der Waals surface area contributed by atoms with Crippen LogP contribution in [-0.4, -0.2) is 36.9 Å². The molecule has 0 unspecified atom stereocenters. The smallest absolute Gasteiger partial charge is 0.337 e. The van der Waals surface area contributed by atoms with Crippen LogP contribution in [0, 0.1) is 0 Å². The Hall–Kier alpha value is -3.72. The molecular formula is C18H13ClN6O3. The lowest BCUT2D eigenvalue weighted by Crippen LogP contribution is -2.27. The number of fused-ring (bicyclic) bond motifs is 1. The van der Waals surface area contributed by atoms with Gasteiger partial charge in [0.05, 0.1) is 28.9 Å². The maximum atomic E-state index is 13.1. The van der Waals surface area contributed by atoms with E-state index in [-0.39, 0.29) is 40.5 Å². The summed E-state index contributed by atoms with van der Waals surface area (Å²) in [5, 5.41) is 9.11. The van der Waals surface area contributed by atoms with Gasteiger partial charge in [-0.05, 0) is 24.3 Å². The quantitative estimate of drug-likeness (QED) is 0.454. The Morgan fingerprint density at radius 2 is 2.18 bits per heavy atom. The minimum Gasteiger partial charge on any atom is -0.478 e. The molecule has 0 saturated carbocycles. The van der Waals surface area contributed by atoms with Gasteiger partial charge in [-0.2, -0.15) is 4.98 Å². The molecule has 0 bridgehead atoms. The van der Waals surface area contributed by atoms with E-state index >= 15 is 0 Å². The van der Waals surface area contributed by atoms with Crippen LogP contribution < -0.4 is 10.6 Å². The first-order chi connectivity index (χ1) is 13.4. The minimum absolute atomic E-state index is 0.0376. The Morgan fingerprint density at radius 3 is 2.86 bits per heavy atom. The monoisotopic (exact) mass is 396 g/mol. The number of carbonyl (C=O) groups excluding carboxylic acids is 1. The average molecular weight is 397 g/mol. The Bertz CT molecular complexity index is 1130. The zero-order valence-corrected chi connectivity index (χ0v) is 15.0. The number of amides is 1. The minimum atomic E-state index is -1.08. The fourth-order valence-electron chi connectivity index (χ4n) is 2.92. The van der Waals surface area contributed by atoms with Crippen LogP contribution in [0.5, 0.6) is 0 Å². The van der Waals surface area contributed by atoms with Crippen molar-refractivity contribution >= 4 is 46.9 Å². The number of carboxylic acids is 1. The summed E-state index contributed by atoms with van der Waals surface area (Å²) in [5.74, 6) is -1.22. The van der Waals surface area contributed by atoms with Crippen LogP contribution >= 0.6 is 11.6 Å². The molecule has 1 amide bonds. The highest BCUT2D eigenvalue weighted by atomic mass is 35.5. The molecule has 28 heavy (non-hydrogen) atoms. The number of carbonyl (C=O) groups is 2. The van der Waals surface area contributed by atoms with Gasteiger partial charge in [0.1, 0.15) is 5.15 Å². The molecule has 0 saturated heterocycles. The van der Waals surface area contributed by atoms with Crippen LogP contribution in [0.4, 0.5) is 11.8 Å². The van der Waals surface area contributed by atoms with Gasteiger partial charge in [-0.15, -0.1) is 0 Å². The van der Waals surface area contributed by atoms with Crippen molar-refractivity contribution in [3.63, 3.8) is 0 Å². The standard InChI is InChI=1S/C18H13ClN6O3/c19-14-13-12(6-11-5-9(7-22-11)17(27)28)16(26)25(15(13)24-18(20)23-14)8-10-3-1-2-4-21-10/h1-7,22H,8H2,(H,27,28)(H2,20,23,24)/b12-6+. The van der Waals surface area contributed by atoms with Gasteiger partial charge in [0.15, 0.2) is 5.82 Å². The summed E-state index contributed by atoms with van der Waals surface area (Å²) < 4.78 is 0. The van der Waals surface area contributed by atoms with E-state index in [1.807, 2.05) is 6.07 Å². The van der Waals surface area contributed by atoms with Crippen LogP contribution in [0.3, 0.4) is 0 Å².